The Morgan fingerprint density at radius 2 is 1.95 bits per heavy atom. The number of benzene rings is 2. The van der Waals surface area contributed by atoms with Crippen LogP contribution < -0.4 is 5.73 Å². The summed E-state index contributed by atoms with van der Waals surface area (Å²) < 4.78 is 5.87. The highest BCUT2D eigenvalue weighted by molar-refractivity contribution is 9.10. The number of esters is 1. The van der Waals surface area contributed by atoms with Gasteiger partial charge in [0.25, 0.3) is 0 Å². The summed E-state index contributed by atoms with van der Waals surface area (Å²) in [5, 5.41) is 0.567. The van der Waals surface area contributed by atoms with E-state index in [9.17, 15) is 4.79 Å². The van der Waals surface area contributed by atoms with Crippen molar-refractivity contribution < 1.29 is 9.53 Å². The Morgan fingerprint density at radius 3 is 2.68 bits per heavy atom. The monoisotopic (exact) mass is 339 g/mol. The minimum atomic E-state index is -0.473. The zero-order chi connectivity index (χ0) is 13.8. The van der Waals surface area contributed by atoms with Gasteiger partial charge in [-0.3, -0.25) is 0 Å². The third-order valence-electron chi connectivity index (χ3n) is 2.59. The second kappa shape index (κ2) is 6.08. The number of nitrogens with two attached hydrogens (primary N) is 1. The molecule has 0 heterocycles. The smallest absolute Gasteiger partial charge is 0.340 e. The number of halogens is 2. The summed E-state index contributed by atoms with van der Waals surface area (Å²) >= 11 is 9.25. The first kappa shape index (κ1) is 13.9. The maximum absolute atomic E-state index is 11.9. The minimum absolute atomic E-state index is 0.116. The van der Waals surface area contributed by atoms with Crippen LogP contribution in [0.15, 0.2) is 46.9 Å². The van der Waals surface area contributed by atoms with E-state index in [4.69, 9.17) is 22.1 Å². The molecule has 0 radical (unpaired) electrons. The topological polar surface area (TPSA) is 52.3 Å². The molecule has 0 spiro atoms. The maximum Gasteiger partial charge on any atom is 0.340 e. The lowest BCUT2D eigenvalue weighted by atomic mass is 10.2. The Hall–Kier alpha value is -1.52. The number of para-hydroxylation sites is 1. The molecule has 0 aliphatic carbocycles. The maximum atomic E-state index is 11.9. The van der Waals surface area contributed by atoms with Crippen LogP contribution in [0, 0.1) is 0 Å². The fourth-order valence-electron chi connectivity index (χ4n) is 1.55. The van der Waals surface area contributed by atoms with Gasteiger partial charge in [-0.2, -0.15) is 0 Å². The quantitative estimate of drug-likeness (QED) is 0.677. The molecule has 0 atom stereocenters. The van der Waals surface area contributed by atoms with E-state index in [1.165, 1.54) is 0 Å². The molecule has 5 heteroatoms. The lowest BCUT2D eigenvalue weighted by molar-refractivity contribution is 0.0474. The molecule has 0 saturated heterocycles. The fraction of sp³-hybridized carbons (Fsp3) is 0.0714. The summed E-state index contributed by atoms with van der Waals surface area (Å²) in [6.45, 7) is 0.116. The SMILES string of the molecule is Nc1c(Br)cccc1C(=O)OCc1ccccc1Cl. The van der Waals surface area contributed by atoms with E-state index in [0.717, 1.165) is 5.56 Å². The first-order valence-electron chi connectivity index (χ1n) is 5.54. The largest absolute Gasteiger partial charge is 0.457 e. The number of ether oxygens (including phenoxy) is 1. The number of nitrogen functional groups attached to an aromatic ring is 1. The molecule has 0 bridgehead atoms. The number of carbonyl (C=O) groups excluding carboxylic acids is 1. The zero-order valence-electron chi connectivity index (χ0n) is 9.90. The first-order chi connectivity index (χ1) is 9.09. The minimum Gasteiger partial charge on any atom is -0.457 e. The van der Waals surface area contributed by atoms with E-state index in [1.54, 1.807) is 30.3 Å². The van der Waals surface area contributed by atoms with E-state index < -0.39 is 5.97 Å². The normalized spacial score (nSPS) is 10.2. The molecule has 0 saturated carbocycles. The fourth-order valence-corrected chi connectivity index (χ4v) is 2.11. The van der Waals surface area contributed by atoms with E-state index in [0.29, 0.717) is 20.7 Å². The molecule has 0 unspecified atom stereocenters. The molecule has 0 aliphatic rings. The summed E-state index contributed by atoms with van der Waals surface area (Å²) in [7, 11) is 0. The molecule has 0 amide bonds. The van der Waals surface area contributed by atoms with Crippen molar-refractivity contribution in [3.8, 4) is 0 Å². The standard InChI is InChI=1S/C14H11BrClNO2/c15-11-6-3-5-10(13(11)17)14(18)19-8-9-4-1-2-7-12(9)16/h1-7H,8,17H2. The van der Waals surface area contributed by atoms with Crippen LogP contribution in [0.5, 0.6) is 0 Å². The lowest BCUT2D eigenvalue weighted by Gasteiger charge is -2.09. The number of anilines is 1. The van der Waals surface area contributed by atoms with E-state index >= 15 is 0 Å². The third kappa shape index (κ3) is 3.28. The Labute approximate surface area is 124 Å². The van der Waals surface area contributed by atoms with Crippen LogP contribution in [0.3, 0.4) is 0 Å². The van der Waals surface area contributed by atoms with Crippen molar-refractivity contribution in [2.75, 3.05) is 5.73 Å². The highest BCUT2D eigenvalue weighted by Crippen LogP contribution is 2.24. The van der Waals surface area contributed by atoms with Crippen LogP contribution in [0.4, 0.5) is 5.69 Å². The van der Waals surface area contributed by atoms with Gasteiger partial charge in [-0.25, -0.2) is 4.79 Å². The second-order valence-corrected chi connectivity index (χ2v) is 5.13. The molecule has 98 valence electrons. The van der Waals surface area contributed by atoms with Gasteiger partial charge in [-0.15, -0.1) is 0 Å². The van der Waals surface area contributed by atoms with Gasteiger partial charge in [-0.1, -0.05) is 35.9 Å². The van der Waals surface area contributed by atoms with Gasteiger partial charge >= 0.3 is 5.97 Å². The molecule has 2 aromatic carbocycles. The Morgan fingerprint density at radius 1 is 1.21 bits per heavy atom. The Balaban J connectivity index is 2.10. The van der Waals surface area contributed by atoms with Crippen LogP contribution in [-0.2, 0) is 11.3 Å². The van der Waals surface area contributed by atoms with Crippen LogP contribution in [-0.4, -0.2) is 5.97 Å². The molecule has 3 nitrogen and oxygen atoms in total. The molecular formula is C14H11BrClNO2. The summed E-state index contributed by atoms with van der Waals surface area (Å²) in [5.41, 5.74) is 7.27. The number of carbonyl (C=O) groups is 1. The van der Waals surface area contributed by atoms with Gasteiger partial charge < -0.3 is 10.5 Å². The summed E-state index contributed by atoms with van der Waals surface area (Å²) in [5.74, 6) is -0.473. The van der Waals surface area contributed by atoms with Crippen LogP contribution in [0.25, 0.3) is 0 Å². The summed E-state index contributed by atoms with van der Waals surface area (Å²) in [6, 6.07) is 12.3. The van der Waals surface area contributed by atoms with Gasteiger partial charge in [0.1, 0.15) is 6.61 Å². The number of hydrogen-bond donors (Lipinski definition) is 1. The molecule has 2 aromatic rings. The predicted octanol–water partition coefficient (Wildman–Crippen LogP) is 4.04. The second-order valence-electron chi connectivity index (χ2n) is 3.87. The molecule has 2 N–H and O–H groups in total. The molecular weight excluding hydrogens is 330 g/mol. The van der Waals surface area contributed by atoms with Crippen molar-refractivity contribution in [2.24, 2.45) is 0 Å². The summed E-state index contributed by atoms with van der Waals surface area (Å²) in [4.78, 5) is 11.9. The van der Waals surface area contributed by atoms with Gasteiger partial charge in [0.2, 0.25) is 0 Å². The first-order valence-corrected chi connectivity index (χ1v) is 6.71. The van der Waals surface area contributed by atoms with Crippen molar-refractivity contribution in [3.05, 3.63) is 63.1 Å². The molecule has 2 rings (SSSR count). The Bertz CT molecular complexity index is 616. The van der Waals surface area contributed by atoms with Gasteiger partial charge in [0, 0.05) is 15.1 Å². The van der Waals surface area contributed by atoms with Gasteiger partial charge in [0.15, 0.2) is 0 Å². The van der Waals surface area contributed by atoms with E-state index in [2.05, 4.69) is 15.9 Å². The third-order valence-corrected chi connectivity index (χ3v) is 3.65. The van der Waals surface area contributed by atoms with Crippen molar-refractivity contribution in [3.63, 3.8) is 0 Å². The van der Waals surface area contributed by atoms with Crippen molar-refractivity contribution >= 4 is 39.2 Å². The van der Waals surface area contributed by atoms with Crippen LogP contribution in [0.1, 0.15) is 15.9 Å². The Kier molecular flexibility index (Phi) is 4.45. The highest BCUT2D eigenvalue weighted by Gasteiger charge is 2.13. The van der Waals surface area contributed by atoms with Crippen molar-refractivity contribution in [1.82, 2.24) is 0 Å². The molecule has 0 fully saturated rings. The molecule has 19 heavy (non-hydrogen) atoms. The predicted molar refractivity (Wildman–Crippen MR) is 79.1 cm³/mol. The van der Waals surface area contributed by atoms with E-state index in [1.807, 2.05) is 12.1 Å². The lowest BCUT2D eigenvalue weighted by Crippen LogP contribution is -2.08. The average Bonchev–Trinajstić information content (AvgIpc) is 2.40. The number of hydrogen-bond acceptors (Lipinski definition) is 3. The van der Waals surface area contributed by atoms with Crippen molar-refractivity contribution in [2.45, 2.75) is 6.61 Å². The number of rotatable bonds is 3. The average molecular weight is 341 g/mol. The summed E-state index contributed by atoms with van der Waals surface area (Å²) in [6.07, 6.45) is 0. The van der Waals surface area contributed by atoms with Crippen LogP contribution in [0.2, 0.25) is 5.02 Å². The van der Waals surface area contributed by atoms with Gasteiger partial charge in [-0.05, 0) is 34.1 Å². The molecule has 0 aromatic heterocycles. The van der Waals surface area contributed by atoms with Crippen LogP contribution >= 0.6 is 27.5 Å². The van der Waals surface area contributed by atoms with Crippen molar-refractivity contribution in [1.29, 1.82) is 0 Å². The zero-order valence-corrected chi connectivity index (χ0v) is 12.2. The van der Waals surface area contributed by atoms with E-state index in [-0.39, 0.29) is 6.61 Å². The highest BCUT2D eigenvalue weighted by atomic mass is 79.9. The van der Waals surface area contributed by atoms with Gasteiger partial charge in [0.05, 0.1) is 11.3 Å². The molecule has 0 aliphatic heterocycles.